The maximum atomic E-state index is 10.0. The van der Waals surface area contributed by atoms with Crippen LogP contribution >= 0.6 is 0 Å². The third kappa shape index (κ3) is 5.50. The summed E-state index contributed by atoms with van der Waals surface area (Å²) in [6, 6.07) is 80.3. The minimum atomic E-state index is 0.626. The smallest absolute Gasteiger partial charge is 0.143 e. The van der Waals surface area contributed by atoms with Crippen LogP contribution in [-0.2, 0) is 0 Å². The lowest BCUT2D eigenvalue weighted by atomic mass is 9.89. The molecule has 0 aliphatic carbocycles. The summed E-state index contributed by atoms with van der Waals surface area (Å²) in [7, 11) is 0. The Kier molecular flexibility index (Phi) is 7.82. The Labute approximate surface area is 394 Å². The van der Waals surface area contributed by atoms with Crippen molar-refractivity contribution >= 4 is 109 Å². The molecule has 0 saturated heterocycles. The number of rotatable bonds is 4. The zero-order chi connectivity index (χ0) is 45.3. The van der Waals surface area contributed by atoms with Crippen molar-refractivity contribution in [2.45, 2.75) is 0 Å². The molecule has 3 heterocycles. The van der Waals surface area contributed by atoms with E-state index in [9.17, 15) is 5.26 Å². The van der Waals surface area contributed by atoms with Gasteiger partial charge in [-0.15, -0.1) is 0 Å². The third-order valence-electron chi connectivity index (χ3n) is 14.5. The van der Waals surface area contributed by atoms with E-state index in [4.69, 9.17) is 8.83 Å². The molecule has 3 aromatic heterocycles. The fraction of sp³-hybridized carbons (Fsp3) is 0. The number of hydrogen-bond donors (Lipinski definition) is 0. The fourth-order valence-electron chi connectivity index (χ4n) is 11.4. The topological polar surface area (TPSA) is 55.0 Å². The van der Waals surface area contributed by atoms with Gasteiger partial charge in [-0.1, -0.05) is 140 Å². The van der Waals surface area contributed by atoms with E-state index >= 15 is 0 Å². The molecule has 0 aliphatic heterocycles. The quantitative estimate of drug-likeness (QED) is 0.177. The van der Waals surface area contributed by atoms with Crippen molar-refractivity contribution in [3.8, 4) is 45.1 Å². The summed E-state index contributed by atoms with van der Waals surface area (Å²) in [5.41, 5.74) is 13.4. The highest BCUT2D eigenvalue weighted by molar-refractivity contribution is 6.30. The van der Waals surface area contributed by atoms with Crippen LogP contribution in [0.25, 0.3) is 148 Å². The maximum absolute atomic E-state index is 10.0. The minimum absolute atomic E-state index is 0.626. The van der Waals surface area contributed by atoms with Gasteiger partial charge in [0.25, 0.3) is 0 Å². The van der Waals surface area contributed by atoms with Gasteiger partial charge in [0.15, 0.2) is 0 Å². The van der Waals surface area contributed by atoms with Crippen molar-refractivity contribution in [3.05, 3.63) is 224 Å². The van der Waals surface area contributed by atoms with E-state index in [-0.39, 0.29) is 0 Å². The molecule has 0 radical (unpaired) electrons. The second-order valence-corrected chi connectivity index (χ2v) is 18.3. The molecule has 0 fully saturated rings. The van der Waals surface area contributed by atoms with Gasteiger partial charge >= 0.3 is 0 Å². The lowest BCUT2D eigenvalue weighted by molar-refractivity contribution is 0.670. The first-order valence-corrected chi connectivity index (χ1v) is 23.4. The molecule has 69 heavy (non-hydrogen) atoms. The number of fused-ring (bicyclic) bond motifs is 17. The Morgan fingerprint density at radius 2 is 0.841 bits per heavy atom. The Bertz CT molecular complexity index is 4520. The first-order valence-electron chi connectivity index (χ1n) is 23.4. The largest absolute Gasteiger partial charge is 0.455 e. The summed E-state index contributed by atoms with van der Waals surface area (Å²) in [4.78, 5) is 0. The molecule has 318 valence electrons. The van der Waals surface area contributed by atoms with Crippen LogP contribution in [0.3, 0.4) is 0 Å². The molecular weight excluding hydrogens is 841 g/mol. The Hall–Kier alpha value is -9.43. The van der Waals surface area contributed by atoms with Crippen molar-refractivity contribution in [2.24, 2.45) is 0 Å². The zero-order valence-electron chi connectivity index (χ0n) is 37.0. The normalized spacial score (nSPS) is 12.0. The standard InChI is InChI=1S/C65H36N2O2/c66-37-38-22-26-52-55-34-41(23-27-56(55)67(57(52)30-38)47-16-2-1-3-17-47)44-31-45(53-35-42-14-6-10-20-50(42)62-60-48-18-8-4-12-39(48)24-28-58(60)68-64(53)62)33-46(32-44)54-36-43-15-7-11-21-51(43)63-61-49-19-9-5-13-40(49)25-29-59(61)69-65(54)63/h1-36H. The fourth-order valence-corrected chi connectivity index (χ4v) is 11.4. The molecule has 12 aromatic carbocycles. The van der Waals surface area contributed by atoms with E-state index < -0.39 is 0 Å². The molecule has 0 spiro atoms. The van der Waals surface area contributed by atoms with Gasteiger partial charge in [0.1, 0.15) is 22.3 Å². The van der Waals surface area contributed by atoms with Crippen molar-refractivity contribution < 1.29 is 8.83 Å². The predicted octanol–water partition coefficient (Wildman–Crippen LogP) is 18.1. The average Bonchev–Trinajstić information content (AvgIpc) is 4.11. The SMILES string of the molecule is N#Cc1ccc2c3cc(-c4cc(-c5cc6ccccc6c6c5oc5ccc7ccccc7c56)cc(-c5cc6ccccc6c6c5oc5ccc7ccccc7c56)c4)ccc3n(-c3ccccc3)c2c1. The predicted molar refractivity (Wildman–Crippen MR) is 286 cm³/mol. The third-order valence-corrected chi connectivity index (χ3v) is 14.5. The summed E-state index contributed by atoms with van der Waals surface area (Å²) in [6.07, 6.45) is 0. The highest BCUT2D eigenvalue weighted by Crippen LogP contribution is 2.48. The van der Waals surface area contributed by atoms with E-state index in [1.165, 1.54) is 21.5 Å². The van der Waals surface area contributed by atoms with Crippen LogP contribution in [-0.4, -0.2) is 4.57 Å². The lowest BCUT2D eigenvalue weighted by Crippen LogP contribution is -1.93. The van der Waals surface area contributed by atoms with E-state index in [0.29, 0.717) is 5.56 Å². The van der Waals surface area contributed by atoms with Crippen LogP contribution < -0.4 is 0 Å². The number of benzene rings is 12. The zero-order valence-corrected chi connectivity index (χ0v) is 37.0. The van der Waals surface area contributed by atoms with Crippen LogP contribution in [0.15, 0.2) is 227 Å². The van der Waals surface area contributed by atoms with Gasteiger partial charge in [-0.25, -0.2) is 0 Å². The van der Waals surface area contributed by atoms with Crippen LogP contribution in [0, 0.1) is 11.3 Å². The molecular formula is C65H36N2O2. The number of para-hydroxylation sites is 1. The van der Waals surface area contributed by atoms with Crippen molar-refractivity contribution in [1.82, 2.24) is 4.57 Å². The van der Waals surface area contributed by atoms with Gasteiger partial charge in [0, 0.05) is 49.1 Å². The highest BCUT2D eigenvalue weighted by atomic mass is 16.3. The number of furan rings is 2. The van der Waals surface area contributed by atoms with Gasteiger partial charge in [0.05, 0.1) is 22.7 Å². The second-order valence-electron chi connectivity index (χ2n) is 18.3. The van der Waals surface area contributed by atoms with Crippen LogP contribution in [0.4, 0.5) is 0 Å². The number of aromatic nitrogens is 1. The summed E-state index contributed by atoms with van der Waals surface area (Å²) in [5, 5.41) is 26.0. The Balaban J connectivity index is 1.06. The molecule has 15 rings (SSSR count). The van der Waals surface area contributed by atoms with Gasteiger partial charge in [0.2, 0.25) is 0 Å². The molecule has 0 saturated carbocycles. The van der Waals surface area contributed by atoms with Gasteiger partial charge in [-0.2, -0.15) is 5.26 Å². The molecule has 0 amide bonds. The number of hydrogen-bond acceptors (Lipinski definition) is 3. The lowest BCUT2D eigenvalue weighted by Gasteiger charge is -2.14. The molecule has 0 aliphatic rings. The second kappa shape index (κ2) is 14.3. The van der Waals surface area contributed by atoms with Gasteiger partial charge < -0.3 is 13.4 Å². The summed E-state index contributed by atoms with van der Waals surface area (Å²) >= 11 is 0. The summed E-state index contributed by atoms with van der Waals surface area (Å²) in [6.45, 7) is 0. The molecule has 0 atom stereocenters. The maximum Gasteiger partial charge on any atom is 0.143 e. The summed E-state index contributed by atoms with van der Waals surface area (Å²) < 4.78 is 16.4. The first-order chi connectivity index (χ1) is 34.1. The highest BCUT2D eigenvalue weighted by Gasteiger charge is 2.23. The molecule has 0 bridgehead atoms. The molecule has 15 aromatic rings. The van der Waals surface area contributed by atoms with E-state index in [1.807, 2.05) is 18.2 Å². The van der Waals surface area contributed by atoms with E-state index in [1.54, 1.807) is 0 Å². The Morgan fingerprint density at radius 3 is 1.41 bits per heavy atom. The monoisotopic (exact) mass is 876 g/mol. The number of nitrogens with zero attached hydrogens (tertiary/aromatic N) is 2. The van der Waals surface area contributed by atoms with Crippen molar-refractivity contribution in [1.29, 1.82) is 5.26 Å². The molecule has 4 nitrogen and oxygen atoms in total. The molecule has 4 heteroatoms. The van der Waals surface area contributed by atoms with Crippen LogP contribution in [0.1, 0.15) is 5.56 Å². The molecule has 0 unspecified atom stereocenters. The Morgan fingerprint density at radius 1 is 0.333 bits per heavy atom. The first kappa shape index (κ1) is 37.8. The number of nitriles is 1. The van der Waals surface area contributed by atoms with Crippen molar-refractivity contribution in [3.63, 3.8) is 0 Å². The summed E-state index contributed by atoms with van der Waals surface area (Å²) in [5.74, 6) is 0. The average molecular weight is 877 g/mol. The van der Waals surface area contributed by atoms with E-state index in [2.05, 4.69) is 211 Å². The van der Waals surface area contributed by atoms with Gasteiger partial charge in [-0.05, 0) is 144 Å². The van der Waals surface area contributed by atoms with Gasteiger partial charge in [-0.3, -0.25) is 0 Å². The van der Waals surface area contributed by atoms with Crippen molar-refractivity contribution in [2.75, 3.05) is 0 Å². The van der Waals surface area contributed by atoms with E-state index in [0.717, 1.165) is 126 Å². The van der Waals surface area contributed by atoms with Crippen LogP contribution in [0.2, 0.25) is 0 Å². The molecule has 0 N–H and O–H groups in total. The van der Waals surface area contributed by atoms with Crippen LogP contribution in [0.5, 0.6) is 0 Å². The minimum Gasteiger partial charge on any atom is -0.455 e.